The number of hydrogen-bond acceptors (Lipinski definition) is 2. The van der Waals surface area contributed by atoms with E-state index in [-0.39, 0.29) is 5.56 Å². The molecule has 15 heavy (non-hydrogen) atoms. The number of nitrogens with one attached hydrogen (secondary N) is 1. The van der Waals surface area contributed by atoms with Crippen LogP contribution in [0, 0.1) is 0 Å². The Hall–Kier alpha value is -1.58. The van der Waals surface area contributed by atoms with Gasteiger partial charge in [0.05, 0.1) is 5.69 Å². The fraction of sp³-hybridized carbons (Fsp3) is 0.455. The Morgan fingerprint density at radius 3 is 2.80 bits per heavy atom. The second-order valence-electron chi connectivity index (χ2n) is 4.00. The number of aryl methyl sites for hydroxylation is 1. The van der Waals surface area contributed by atoms with Crippen LogP contribution in [0.25, 0.3) is 5.65 Å². The zero-order valence-corrected chi connectivity index (χ0v) is 9.24. The molecule has 0 radical (unpaired) electrons. The second-order valence-corrected chi connectivity index (χ2v) is 4.00. The maximum atomic E-state index is 11.3. The molecule has 0 aromatic carbocycles. The summed E-state index contributed by atoms with van der Waals surface area (Å²) in [5.74, 6) is 0.373. The van der Waals surface area contributed by atoms with Crippen LogP contribution in [0.2, 0.25) is 0 Å². The van der Waals surface area contributed by atoms with Gasteiger partial charge in [0, 0.05) is 17.8 Å². The van der Waals surface area contributed by atoms with Gasteiger partial charge in [-0.05, 0) is 12.3 Å². The number of fused-ring (bicyclic) bond motifs is 1. The summed E-state index contributed by atoms with van der Waals surface area (Å²) in [6.45, 7) is 6.20. The summed E-state index contributed by atoms with van der Waals surface area (Å²) >= 11 is 0. The van der Waals surface area contributed by atoms with Crippen molar-refractivity contribution in [3.05, 3.63) is 33.9 Å². The number of H-pyrrole nitrogens is 1. The van der Waals surface area contributed by atoms with E-state index >= 15 is 0 Å². The Bertz CT molecular complexity index is 536. The van der Waals surface area contributed by atoms with Crippen LogP contribution >= 0.6 is 0 Å². The zero-order valence-electron chi connectivity index (χ0n) is 9.24. The van der Waals surface area contributed by atoms with Crippen LogP contribution in [-0.2, 0) is 6.42 Å². The first-order valence-corrected chi connectivity index (χ1v) is 5.23. The zero-order chi connectivity index (χ0) is 11.0. The van der Waals surface area contributed by atoms with Gasteiger partial charge in [-0.25, -0.2) is 4.52 Å². The van der Waals surface area contributed by atoms with Gasteiger partial charge >= 0.3 is 0 Å². The smallest absolute Gasteiger partial charge is 0.251 e. The Morgan fingerprint density at radius 2 is 2.20 bits per heavy atom. The summed E-state index contributed by atoms with van der Waals surface area (Å²) < 4.78 is 1.82. The van der Waals surface area contributed by atoms with Crippen LogP contribution in [0.15, 0.2) is 16.9 Å². The third-order valence-corrected chi connectivity index (χ3v) is 2.50. The largest absolute Gasteiger partial charge is 0.307 e. The molecule has 0 fully saturated rings. The molecule has 0 bridgehead atoms. The van der Waals surface area contributed by atoms with Gasteiger partial charge in [0.15, 0.2) is 0 Å². The summed E-state index contributed by atoms with van der Waals surface area (Å²) in [5, 5.41) is 4.47. The summed E-state index contributed by atoms with van der Waals surface area (Å²) in [7, 11) is 0. The van der Waals surface area contributed by atoms with E-state index in [0.717, 1.165) is 23.5 Å². The van der Waals surface area contributed by atoms with Gasteiger partial charge in [-0.2, -0.15) is 5.10 Å². The van der Waals surface area contributed by atoms with Crippen LogP contribution in [0.1, 0.15) is 38.1 Å². The molecule has 4 nitrogen and oxygen atoms in total. The van der Waals surface area contributed by atoms with Gasteiger partial charge in [0.2, 0.25) is 0 Å². The van der Waals surface area contributed by atoms with Crippen molar-refractivity contribution >= 4 is 5.65 Å². The molecule has 0 saturated heterocycles. The highest BCUT2D eigenvalue weighted by atomic mass is 16.1. The lowest BCUT2D eigenvalue weighted by molar-refractivity contribution is 0.763. The molecule has 80 valence electrons. The number of hydrogen-bond donors (Lipinski definition) is 1. The van der Waals surface area contributed by atoms with E-state index in [1.165, 1.54) is 0 Å². The molecule has 2 heterocycles. The van der Waals surface area contributed by atoms with Crippen molar-refractivity contribution in [2.75, 3.05) is 0 Å². The molecule has 0 spiro atoms. The third-order valence-electron chi connectivity index (χ3n) is 2.50. The van der Waals surface area contributed by atoms with Crippen LogP contribution in [-0.4, -0.2) is 14.6 Å². The lowest BCUT2D eigenvalue weighted by Gasteiger charge is -2.00. The van der Waals surface area contributed by atoms with Gasteiger partial charge in [0.1, 0.15) is 5.65 Å². The van der Waals surface area contributed by atoms with E-state index in [1.54, 1.807) is 6.07 Å². The molecule has 0 amide bonds. The minimum atomic E-state index is -0.0606. The predicted octanol–water partition coefficient (Wildman–Crippen LogP) is 1.71. The van der Waals surface area contributed by atoms with E-state index in [1.807, 2.05) is 17.5 Å². The SMILES string of the molecule is CCc1cc(=O)[nH]c2cc(C(C)C)nn12. The first-order valence-electron chi connectivity index (χ1n) is 5.23. The normalized spacial score (nSPS) is 11.5. The minimum absolute atomic E-state index is 0.0606. The highest BCUT2D eigenvalue weighted by Gasteiger charge is 2.08. The highest BCUT2D eigenvalue weighted by molar-refractivity contribution is 5.40. The summed E-state index contributed by atoms with van der Waals surface area (Å²) in [6.07, 6.45) is 0.805. The van der Waals surface area contributed by atoms with Crippen molar-refractivity contribution in [2.24, 2.45) is 0 Å². The molecule has 0 aliphatic rings. The van der Waals surface area contributed by atoms with E-state index in [0.29, 0.717) is 5.92 Å². The van der Waals surface area contributed by atoms with Gasteiger partial charge < -0.3 is 4.98 Å². The molecule has 0 aliphatic heterocycles. The standard InChI is InChI=1S/C11H15N3O/c1-4-8-5-11(15)12-10-6-9(7(2)3)13-14(8)10/h5-7H,4H2,1-3H3,(H,12,15). The quantitative estimate of drug-likeness (QED) is 0.811. The van der Waals surface area contributed by atoms with Crippen molar-refractivity contribution in [1.29, 1.82) is 0 Å². The van der Waals surface area contributed by atoms with E-state index < -0.39 is 0 Å². The Labute approximate surface area is 87.9 Å². The maximum Gasteiger partial charge on any atom is 0.251 e. The summed E-state index contributed by atoms with van der Waals surface area (Å²) in [6, 6.07) is 3.54. The van der Waals surface area contributed by atoms with Gasteiger partial charge in [-0.3, -0.25) is 4.79 Å². The maximum absolute atomic E-state index is 11.3. The molecule has 0 atom stereocenters. The van der Waals surface area contributed by atoms with Crippen molar-refractivity contribution in [1.82, 2.24) is 14.6 Å². The summed E-state index contributed by atoms with van der Waals surface area (Å²) in [5.41, 5.74) is 2.67. The lowest BCUT2D eigenvalue weighted by Crippen LogP contribution is -2.11. The monoisotopic (exact) mass is 205 g/mol. The molecule has 2 rings (SSSR count). The van der Waals surface area contributed by atoms with Crippen molar-refractivity contribution < 1.29 is 0 Å². The van der Waals surface area contributed by atoms with E-state index in [9.17, 15) is 4.79 Å². The molecule has 2 aromatic rings. The van der Waals surface area contributed by atoms with Crippen molar-refractivity contribution in [3.63, 3.8) is 0 Å². The van der Waals surface area contributed by atoms with E-state index in [4.69, 9.17) is 0 Å². The molecule has 1 N–H and O–H groups in total. The van der Waals surface area contributed by atoms with Crippen LogP contribution in [0.5, 0.6) is 0 Å². The number of rotatable bonds is 2. The average molecular weight is 205 g/mol. The fourth-order valence-corrected chi connectivity index (χ4v) is 1.62. The van der Waals surface area contributed by atoms with Gasteiger partial charge in [-0.1, -0.05) is 20.8 Å². The van der Waals surface area contributed by atoms with Gasteiger partial charge in [-0.15, -0.1) is 0 Å². The Kier molecular flexibility index (Phi) is 2.34. The predicted molar refractivity (Wildman–Crippen MR) is 59.3 cm³/mol. The van der Waals surface area contributed by atoms with Crippen LogP contribution < -0.4 is 5.56 Å². The average Bonchev–Trinajstić information content (AvgIpc) is 2.59. The molecule has 0 unspecified atom stereocenters. The molecular weight excluding hydrogens is 190 g/mol. The number of aromatic nitrogens is 3. The molecule has 4 heteroatoms. The molecular formula is C11H15N3O. The topological polar surface area (TPSA) is 50.2 Å². The van der Waals surface area contributed by atoms with E-state index in [2.05, 4.69) is 23.9 Å². The fourth-order valence-electron chi connectivity index (χ4n) is 1.62. The third kappa shape index (κ3) is 1.67. The molecule has 0 saturated carbocycles. The molecule has 2 aromatic heterocycles. The van der Waals surface area contributed by atoms with Crippen LogP contribution in [0.3, 0.4) is 0 Å². The van der Waals surface area contributed by atoms with Gasteiger partial charge in [0.25, 0.3) is 5.56 Å². The number of nitrogens with zero attached hydrogens (tertiary/aromatic N) is 2. The summed E-state index contributed by atoms with van der Waals surface area (Å²) in [4.78, 5) is 14.1. The van der Waals surface area contributed by atoms with Crippen molar-refractivity contribution in [2.45, 2.75) is 33.1 Å². The first kappa shape index (κ1) is 9.96. The number of aromatic amines is 1. The molecule has 0 aliphatic carbocycles. The second kappa shape index (κ2) is 3.53. The van der Waals surface area contributed by atoms with Crippen molar-refractivity contribution in [3.8, 4) is 0 Å². The Balaban J connectivity index is 2.74. The highest BCUT2D eigenvalue weighted by Crippen LogP contribution is 2.14. The Morgan fingerprint density at radius 1 is 1.47 bits per heavy atom. The van der Waals surface area contributed by atoms with Crippen LogP contribution in [0.4, 0.5) is 0 Å². The minimum Gasteiger partial charge on any atom is -0.307 e. The lowest BCUT2D eigenvalue weighted by atomic mass is 10.1. The first-order chi connectivity index (χ1) is 7.11.